The smallest absolute Gasteiger partial charge is 0.0297 e. The van der Waals surface area contributed by atoms with E-state index in [2.05, 4.69) is 20.8 Å². The molecule has 0 nitrogen and oxygen atoms in total. The third-order valence-electron chi connectivity index (χ3n) is 2.98. The van der Waals surface area contributed by atoms with Gasteiger partial charge in [-0.25, -0.2) is 0 Å². The van der Waals surface area contributed by atoms with Gasteiger partial charge in [-0.05, 0) is 17.8 Å². The zero-order chi connectivity index (χ0) is 10.9. The second-order valence-electron chi connectivity index (χ2n) is 3.70. The van der Waals surface area contributed by atoms with Crippen molar-refractivity contribution in [2.45, 2.75) is 74.1 Å². The van der Waals surface area contributed by atoms with E-state index in [9.17, 15) is 0 Å². The first-order valence-corrected chi connectivity index (χ1v) is 6.23. The van der Waals surface area contributed by atoms with Crippen LogP contribution in [-0.2, 0) is 0 Å². The summed E-state index contributed by atoms with van der Waals surface area (Å²) < 4.78 is 0. The molecule has 0 aliphatic heterocycles. The van der Waals surface area contributed by atoms with Crippen molar-refractivity contribution in [2.24, 2.45) is 11.3 Å². The molecule has 0 aromatic carbocycles. The molecule has 1 rings (SSSR count). The Hall–Kier alpha value is 0. The van der Waals surface area contributed by atoms with Crippen molar-refractivity contribution in [2.75, 3.05) is 0 Å². The third-order valence-corrected chi connectivity index (χ3v) is 2.98. The van der Waals surface area contributed by atoms with Crippen LogP contribution >= 0.6 is 0 Å². The molecule has 0 heteroatoms. The quantitative estimate of drug-likeness (QED) is 0.563. The molecule has 1 aliphatic rings. The highest BCUT2D eigenvalue weighted by Gasteiger charge is 2.46. The second-order valence-corrected chi connectivity index (χ2v) is 3.70. The Bertz CT molecular complexity index is 94.2. The summed E-state index contributed by atoms with van der Waals surface area (Å²) in [6.07, 6.45) is 5.72. The predicted octanol–water partition coefficient (Wildman–Crippen LogP) is 5.28. The van der Waals surface area contributed by atoms with Gasteiger partial charge in [0.1, 0.15) is 0 Å². The average Bonchev–Trinajstić information content (AvgIpc) is 2.85. The van der Waals surface area contributed by atoms with Crippen LogP contribution in [0.25, 0.3) is 0 Å². The van der Waals surface area contributed by atoms with Gasteiger partial charge in [-0.15, -0.1) is 0 Å². The third kappa shape index (κ3) is 5.33. The van der Waals surface area contributed by atoms with E-state index in [0.29, 0.717) is 0 Å². The molecule has 2 atom stereocenters. The summed E-state index contributed by atoms with van der Waals surface area (Å²) in [7, 11) is 0. The molecule has 0 saturated heterocycles. The van der Waals surface area contributed by atoms with E-state index in [-0.39, 0.29) is 0 Å². The van der Waals surface area contributed by atoms with Crippen LogP contribution < -0.4 is 0 Å². The molecule has 1 aliphatic carbocycles. The van der Waals surface area contributed by atoms with Crippen molar-refractivity contribution in [1.82, 2.24) is 0 Å². The van der Waals surface area contributed by atoms with Crippen LogP contribution in [0.2, 0.25) is 0 Å². The Morgan fingerprint density at radius 1 is 1.08 bits per heavy atom. The molecule has 0 spiro atoms. The summed E-state index contributed by atoms with van der Waals surface area (Å²) in [6, 6.07) is 0. The summed E-state index contributed by atoms with van der Waals surface area (Å²) in [5, 5.41) is 0. The normalized spacial score (nSPS) is 29.3. The molecule has 13 heavy (non-hydrogen) atoms. The van der Waals surface area contributed by atoms with Crippen LogP contribution in [0.4, 0.5) is 0 Å². The minimum Gasteiger partial charge on any atom is -0.0683 e. The molecule has 0 amide bonds. The van der Waals surface area contributed by atoms with Crippen molar-refractivity contribution in [3.8, 4) is 0 Å². The van der Waals surface area contributed by atoms with E-state index in [1.54, 1.807) is 0 Å². The SMILES string of the molecule is CC.CC.CCCC1CC1(C)CC. The van der Waals surface area contributed by atoms with Gasteiger partial charge in [-0.2, -0.15) is 0 Å². The van der Waals surface area contributed by atoms with Crippen LogP contribution in [0, 0.1) is 11.3 Å². The monoisotopic (exact) mass is 186 g/mol. The lowest BCUT2D eigenvalue weighted by molar-refractivity contribution is 0.465. The van der Waals surface area contributed by atoms with Gasteiger partial charge in [0.15, 0.2) is 0 Å². The molecule has 0 heterocycles. The van der Waals surface area contributed by atoms with Crippen molar-refractivity contribution >= 4 is 0 Å². The van der Waals surface area contributed by atoms with Crippen molar-refractivity contribution < 1.29 is 0 Å². The summed E-state index contributed by atoms with van der Waals surface area (Å²) in [5.74, 6) is 1.08. The Balaban J connectivity index is 0. The number of hydrogen-bond donors (Lipinski definition) is 0. The van der Waals surface area contributed by atoms with Crippen LogP contribution in [0.15, 0.2) is 0 Å². The molecular formula is C13H30. The van der Waals surface area contributed by atoms with E-state index < -0.39 is 0 Å². The highest BCUT2D eigenvalue weighted by Crippen LogP contribution is 2.56. The number of rotatable bonds is 3. The predicted molar refractivity (Wildman–Crippen MR) is 64.1 cm³/mol. The average molecular weight is 186 g/mol. The molecule has 1 saturated carbocycles. The van der Waals surface area contributed by atoms with E-state index in [4.69, 9.17) is 0 Å². The first-order chi connectivity index (χ1) is 6.23. The highest BCUT2D eigenvalue weighted by atomic mass is 14.5. The molecule has 0 N–H and O–H groups in total. The largest absolute Gasteiger partial charge is 0.0683 e. The van der Waals surface area contributed by atoms with Crippen LogP contribution in [-0.4, -0.2) is 0 Å². The van der Waals surface area contributed by atoms with Gasteiger partial charge in [-0.1, -0.05) is 67.7 Å². The topological polar surface area (TPSA) is 0 Å². The van der Waals surface area contributed by atoms with Crippen LogP contribution in [0.5, 0.6) is 0 Å². The van der Waals surface area contributed by atoms with Crippen LogP contribution in [0.3, 0.4) is 0 Å². The Kier molecular flexibility index (Phi) is 10.2. The van der Waals surface area contributed by atoms with E-state index in [1.165, 1.54) is 25.7 Å². The minimum atomic E-state index is 0.760. The molecule has 0 bridgehead atoms. The molecule has 0 aromatic heterocycles. The number of hydrogen-bond acceptors (Lipinski definition) is 0. The zero-order valence-electron chi connectivity index (χ0n) is 10.9. The van der Waals surface area contributed by atoms with E-state index in [1.807, 2.05) is 27.7 Å². The fourth-order valence-corrected chi connectivity index (χ4v) is 1.74. The van der Waals surface area contributed by atoms with E-state index in [0.717, 1.165) is 11.3 Å². The van der Waals surface area contributed by atoms with E-state index >= 15 is 0 Å². The summed E-state index contributed by atoms with van der Waals surface area (Å²) in [4.78, 5) is 0. The first-order valence-electron chi connectivity index (χ1n) is 6.23. The molecule has 0 radical (unpaired) electrons. The van der Waals surface area contributed by atoms with Gasteiger partial charge in [0.05, 0.1) is 0 Å². The van der Waals surface area contributed by atoms with Crippen molar-refractivity contribution in [1.29, 1.82) is 0 Å². The Morgan fingerprint density at radius 2 is 1.54 bits per heavy atom. The Morgan fingerprint density at radius 3 is 1.77 bits per heavy atom. The maximum Gasteiger partial charge on any atom is -0.0297 e. The van der Waals surface area contributed by atoms with Gasteiger partial charge in [0.2, 0.25) is 0 Å². The molecule has 2 unspecified atom stereocenters. The van der Waals surface area contributed by atoms with Gasteiger partial charge in [0.25, 0.3) is 0 Å². The van der Waals surface area contributed by atoms with Crippen molar-refractivity contribution in [3.05, 3.63) is 0 Å². The maximum absolute atomic E-state index is 2.42. The van der Waals surface area contributed by atoms with Gasteiger partial charge >= 0.3 is 0 Å². The fourth-order valence-electron chi connectivity index (χ4n) is 1.74. The zero-order valence-corrected chi connectivity index (χ0v) is 10.9. The maximum atomic E-state index is 2.42. The molecular weight excluding hydrogens is 156 g/mol. The summed E-state index contributed by atoms with van der Waals surface area (Å²) in [6.45, 7) is 15.0. The summed E-state index contributed by atoms with van der Waals surface area (Å²) in [5.41, 5.74) is 0.760. The molecule has 82 valence electrons. The molecule has 1 fully saturated rings. The molecule has 0 aromatic rings. The van der Waals surface area contributed by atoms with Crippen LogP contribution in [0.1, 0.15) is 74.1 Å². The van der Waals surface area contributed by atoms with Gasteiger partial charge < -0.3 is 0 Å². The van der Waals surface area contributed by atoms with Crippen molar-refractivity contribution in [3.63, 3.8) is 0 Å². The van der Waals surface area contributed by atoms with Gasteiger partial charge in [-0.3, -0.25) is 0 Å². The Labute approximate surface area is 86.1 Å². The first kappa shape index (κ1) is 15.5. The highest BCUT2D eigenvalue weighted by molar-refractivity contribution is 4.96. The minimum absolute atomic E-state index is 0.760. The summed E-state index contributed by atoms with van der Waals surface area (Å²) >= 11 is 0. The fraction of sp³-hybridized carbons (Fsp3) is 1.00. The lowest BCUT2D eigenvalue weighted by Gasteiger charge is -2.04. The van der Waals surface area contributed by atoms with Gasteiger partial charge in [0, 0.05) is 0 Å². The lowest BCUT2D eigenvalue weighted by Crippen LogP contribution is -1.94. The second kappa shape index (κ2) is 8.59. The lowest BCUT2D eigenvalue weighted by atomic mass is 10.0. The standard InChI is InChI=1S/C9H18.2C2H6/c1-4-6-8-7-9(8,3)5-2;2*1-2/h8H,4-7H2,1-3H3;2*1-2H3.